The molecule has 1 N–H and O–H groups in total. The number of nitrogens with one attached hydrogen (secondary N) is 1. The van der Waals surface area contributed by atoms with Gasteiger partial charge in [0.15, 0.2) is 0 Å². The van der Waals surface area contributed by atoms with Crippen LogP contribution in [0.2, 0.25) is 0 Å². The van der Waals surface area contributed by atoms with Crippen molar-refractivity contribution in [3.05, 3.63) is 35.4 Å². The molecule has 1 aromatic rings. The molecule has 0 aromatic heterocycles. The predicted molar refractivity (Wildman–Crippen MR) is 74.2 cm³/mol. The minimum absolute atomic E-state index is 0.490. The molecule has 0 amide bonds. The maximum absolute atomic E-state index is 3.62. The second kappa shape index (κ2) is 6.20. The van der Waals surface area contributed by atoms with Crippen LogP contribution in [0.4, 0.5) is 0 Å². The zero-order chi connectivity index (χ0) is 12.1. The summed E-state index contributed by atoms with van der Waals surface area (Å²) in [4.78, 5) is 0. The fourth-order valence-corrected chi connectivity index (χ4v) is 2.29. The lowest BCUT2D eigenvalue weighted by Gasteiger charge is -2.14. The van der Waals surface area contributed by atoms with Crippen molar-refractivity contribution in [2.45, 2.75) is 52.0 Å². The third-order valence-corrected chi connectivity index (χ3v) is 3.72. The third-order valence-electron chi connectivity index (χ3n) is 3.72. The van der Waals surface area contributed by atoms with Crippen molar-refractivity contribution in [3.63, 3.8) is 0 Å². The van der Waals surface area contributed by atoms with E-state index in [-0.39, 0.29) is 0 Å². The first-order valence-electron chi connectivity index (χ1n) is 7.12. The van der Waals surface area contributed by atoms with Gasteiger partial charge in [0.2, 0.25) is 0 Å². The minimum Gasteiger partial charge on any atom is -0.310 e. The molecule has 1 saturated carbocycles. The van der Waals surface area contributed by atoms with Crippen molar-refractivity contribution in [1.29, 1.82) is 0 Å². The monoisotopic (exact) mass is 231 g/mol. The van der Waals surface area contributed by atoms with E-state index < -0.39 is 0 Å². The molecule has 0 heterocycles. The number of hydrogen-bond acceptors (Lipinski definition) is 1. The summed E-state index contributed by atoms with van der Waals surface area (Å²) >= 11 is 0. The molecule has 0 spiro atoms. The number of aryl methyl sites for hydroxylation is 1. The number of benzene rings is 1. The molecule has 1 fully saturated rings. The van der Waals surface area contributed by atoms with E-state index in [1.54, 1.807) is 0 Å². The van der Waals surface area contributed by atoms with Crippen LogP contribution in [0.15, 0.2) is 24.3 Å². The second-order valence-electron chi connectivity index (χ2n) is 5.40. The van der Waals surface area contributed by atoms with Crippen molar-refractivity contribution >= 4 is 0 Å². The molecular weight excluding hydrogens is 206 g/mol. The topological polar surface area (TPSA) is 12.0 Å². The highest BCUT2D eigenvalue weighted by atomic mass is 14.9. The Labute approximate surface area is 106 Å². The Bertz CT molecular complexity index is 324. The Kier molecular flexibility index (Phi) is 4.61. The van der Waals surface area contributed by atoms with Crippen LogP contribution in [-0.4, -0.2) is 6.54 Å². The van der Waals surface area contributed by atoms with Gasteiger partial charge >= 0.3 is 0 Å². The molecule has 0 bridgehead atoms. The summed E-state index contributed by atoms with van der Waals surface area (Å²) in [6.07, 6.45) is 6.71. The van der Waals surface area contributed by atoms with Crippen LogP contribution >= 0.6 is 0 Å². The molecule has 0 saturated heterocycles. The van der Waals surface area contributed by atoms with E-state index in [2.05, 4.69) is 43.4 Å². The van der Waals surface area contributed by atoms with Crippen molar-refractivity contribution in [3.8, 4) is 0 Å². The largest absolute Gasteiger partial charge is 0.310 e. The maximum Gasteiger partial charge on any atom is 0.0291 e. The molecule has 0 radical (unpaired) electrons. The molecule has 94 valence electrons. The Morgan fingerprint density at radius 1 is 1.24 bits per heavy atom. The summed E-state index contributed by atoms with van der Waals surface area (Å²) in [5, 5.41) is 3.62. The molecule has 1 aliphatic carbocycles. The normalized spacial score (nSPS) is 17.1. The zero-order valence-corrected chi connectivity index (χ0v) is 11.2. The van der Waals surface area contributed by atoms with Crippen LogP contribution in [0, 0.1) is 5.92 Å². The molecule has 1 atom stereocenters. The minimum atomic E-state index is 0.490. The Hall–Kier alpha value is -0.820. The quantitative estimate of drug-likeness (QED) is 0.745. The summed E-state index contributed by atoms with van der Waals surface area (Å²) in [6.45, 7) is 5.67. The molecule has 1 unspecified atom stereocenters. The smallest absolute Gasteiger partial charge is 0.0291 e. The van der Waals surface area contributed by atoms with Crippen LogP contribution in [0.5, 0.6) is 0 Å². The Morgan fingerprint density at radius 3 is 2.53 bits per heavy atom. The molecule has 0 aliphatic heterocycles. The van der Waals surface area contributed by atoms with Gasteiger partial charge < -0.3 is 5.32 Å². The van der Waals surface area contributed by atoms with E-state index in [1.165, 1.54) is 49.8 Å². The lowest BCUT2D eigenvalue weighted by Crippen LogP contribution is -2.20. The van der Waals surface area contributed by atoms with E-state index in [9.17, 15) is 0 Å². The van der Waals surface area contributed by atoms with Gasteiger partial charge in [0.25, 0.3) is 0 Å². The molecule has 17 heavy (non-hydrogen) atoms. The van der Waals surface area contributed by atoms with Gasteiger partial charge in [0.1, 0.15) is 0 Å². The van der Waals surface area contributed by atoms with Gasteiger partial charge in [0.05, 0.1) is 0 Å². The van der Waals surface area contributed by atoms with Crippen LogP contribution in [0.25, 0.3) is 0 Å². The number of rotatable bonds is 7. The molecule has 1 aromatic carbocycles. The van der Waals surface area contributed by atoms with Crippen molar-refractivity contribution in [2.75, 3.05) is 6.54 Å². The Morgan fingerprint density at radius 2 is 1.94 bits per heavy atom. The van der Waals surface area contributed by atoms with E-state index in [0.29, 0.717) is 6.04 Å². The van der Waals surface area contributed by atoms with Gasteiger partial charge in [-0.1, -0.05) is 50.5 Å². The first-order valence-corrected chi connectivity index (χ1v) is 7.12. The highest BCUT2D eigenvalue weighted by molar-refractivity contribution is 5.24. The van der Waals surface area contributed by atoms with Gasteiger partial charge in [-0.2, -0.15) is 0 Å². The van der Waals surface area contributed by atoms with E-state index in [4.69, 9.17) is 0 Å². The van der Waals surface area contributed by atoms with E-state index in [0.717, 1.165) is 5.92 Å². The average molecular weight is 231 g/mol. The molecule has 1 nitrogen and oxygen atoms in total. The van der Waals surface area contributed by atoms with Gasteiger partial charge in [-0.15, -0.1) is 0 Å². The molecule has 1 aliphatic rings. The summed E-state index contributed by atoms with van der Waals surface area (Å²) in [5.41, 5.74) is 2.88. The van der Waals surface area contributed by atoms with Crippen molar-refractivity contribution < 1.29 is 0 Å². The first kappa shape index (κ1) is 12.6. The standard InChI is InChI=1S/C16H25N/c1-3-4-14-7-9-16(10-8-14)13(2)17-12-11-15-5-6-15/h7-10,13,15,17H,3-6,11-12H2,1-2H3. The molecule has 2 rings (SSSR count). The van der Waals surface area contributed by atoms with Crippen molar-refractivity contribution in [2.24, 2.45) is 5.92 Å². The first-order chi connectivity index (χ1) is 8.29. The fourth-order valence-electron chi connectivity index (χ4n) is 2.29. The highest BCUT2D eigenvalue weighted by Gasteiger charge is 2.20. The van der Waals surface area contributed by atoms with Crippen LogP contribution in [-0.2, 0) is 6.42 Å². The Balaban J connectivity index is 1.78. The fraction of sp³-hybridized carbons (Fsp3) is 0.625. The van der Waals surface area contributed by atoms with Crippen LogP contribution in [0.1, 0.15) is 56.7 Å². The van der Waals surface area contributed by atoms with Crippen molar-refractivity contribution in [1.82, 2.24) is 5.32 Å². The van der Waals surface area contributed by atoms with Gasteiger partial charge in [-0.3, -0.25) is 0 Å². The lowest BCUT2D eigenvalue weighted by atomic mass is 10.0. The predicted octanol–water partition coefficient (Wildman–Crippen LogP) is 4.09. The summed E-state index contributed by atoms with van der Waals surface area (Å²) in [7, 11) is 0. The third kappa shape index (κ3) is 4.16. The van der Waals surface area contributed by atoms with Gasteiger partial charge in [-0.25, -0.2) is 0 Å². The summed E-state index contributed by atoms with van der Waals surface area (Å²) in [6, 6.07) is 9.60. The number of hydrogen-bond donors (Lipinski definition) is 1. The van der Waals surface area contributed by atoms with Crippen LogP contribution in [0.3, 0.4) is 0 Å². The highest BCUT2D eigenvalue weighted by Crippen LogP contribution is 2.31. The van der Waals surface area contributed by atoms with Gasteiger partial charge in [0, 0.05) is 6.04 Å². The molecule has 1 heteroatoms. The average Bonchev–Trinajstić information content (AvgIpc) is 3.14. The lowest BCUT2D eigenvalue weighted by molar-refractivity contribution is 0.539. The van der Waals surface area contributed by atoms with E-state index in [1.807, 2.05) is 0 Å². The van der Waals surface area contributed by atoms with E-state index >= 15 is 0 Å². The molecular formula is C16H25N. The SMILES string of the molecule is CCCc1ccc(C(C)NCCC2CC2)cc1. The maximum atomic E-state index is 3.62. The van der Waals surface area contributed by atoms with Gasteiger partial charge in [-0.05, 0) is 43.4 Å². The summed E-state index contributed by atoms with van der Waals surface area (Å²) in [5.74, 6) is 1.03. The van der Waals surface area contributed by atoms with Crippen LogP contribution < -0.4 is 5.32 Å². The summed E-state index contributed by atoms with van der Waals surface area (Å²) < 4.78 is 0. The zero-order valence-electron chi connectivity index (χ0n) is 11.2. The second-order valence-corrected chi connectivity index (χ2v) is 5.40.